The van der Waals surface area contributed by atoms with Crippen molar-refractivity contribution in [2.45, 2.75) is 59.8 Å². The SMILES string of the molecule is CC/C(=C/COCP(=O)(O)O)CC/C=C(\C)CCC=C(C)C. The van der Waals surface area contributed by atoms with Crippen molar-refractivity contribution in [3.05, 3.63) is 34.9 Å². The molecule has 0 bridgehead atoms. The molecule has 0 unspecified atom stereocenters. The fourth-order valence-electron chi connectivity index (χ4n) is 1.97. The Bertz CT molecular complexity index is 440. The maximum absolute atomic E-state index is 10.7. The van der Waals surface area contributed by atoms with Gasteiger partial charge in [-0.25, -0.2) is 0 Å². The molecular weight excluding hydrogens is 299 g/mol. The lowest BCUT2D eigenvalue weighted by Crippen LogP contribution is -1.96. The zero-order valence-corrected chi connectivity index (χ0v) is 15.2. The van der Waals surface area contributed by atoms with Crippen molar-refractivity contribution >= 4 is 7.60 Å². The number of ether oxygens (including phenoxy) is 1. The average Bonchev–Trinajstić information content (AvgIpc) is 2.39. The van der Waals surface area contributed by atoms with Crippen LogP contribution >= 0.6 is 7.60 Å². The van der Waals surface area contributed by atoms with Gasteiger partial charge in [0.05, 0.1) is 6.61 Å². The molecule has 0 aromatic heterocycles. The van der Waals surface area contributed by atoms with Gasteiger partial charge in [0.25, 0.3) is 0 Å². The van der Waals surface area contributed by atoms with Crippen molar-refractivity contribution in [2.24, 2.45) is 0 Å². The second kappa shape index (κ2) is 11.8. The van der Waals surface area contributed by atoms with Gasteiger partial charge >= 0.3 is 7.60 Å². The topological polar surface area (TPSA) is 66.8 Å². The minimum absolute atomic E-state index is 0.261. The van der Waals surface area contributed by atoms with E-state index in [0.29, 0.717) is 0 Å². The Morgan fingerprint density at radius 1 is 1.05 bits per heavy atom. The van der Waals surface area contributed by atoms with E-state index < -0.39 is 13.9 Å². The molecular formula is C17H31O4P. The second-order valence-electron chi connectivity index (χ2n) is 5.79. The van der Waals surface area contributed by atoms with E-state index in [0.717, 1.165) is 32.1 Å². The van der Waals surface area contributed by atoms with Crippen LogP contribution < -0.4 is 0 Å². The van der Waals surface area contributed by atoms with Gasteiger partial charge in [-0.3, -0.25) is 4.57 Å². The predicted molar refractivity (Wildman–Crippen MR) is 92.9 cm³/mol. The number of hydrogen-bond donors (Lipinski definition) is 2. The van der Waals surface area contributed by atoms with Gasteiger partial charge in [0.1, 0.15) is 6.35 Å². The smallest absolute Gasteiger partial charge is 0.350 e. The van der Waals surface area contributed by atoms with Crippen molar-refractivity contribution < 1.29 is 19.1 Å². The molecule has 0 radical (unpaired) electrons. The van der Waals surface area contributed by atoms with Gasteiger partial charge in [-0.1, -0.05) is 41.9 Å². The zero-order valence-electron chi connectivity index (χ0n) is 14.3. The van der Waals surface area contributed by atoms with Crippen molar-refractivity contribution in [3.63, 3.8) is 0 Å². The molecule has 0 aromatic rings. The Morgan fingerprint density at radius 3 is 2.23 bits per heavy atom. The van der Waals surface area contributed by atoms with Crippen molar-refractivity contribution in [1.29, 1.82) is 0 Å². The van der Waals surface area contributed by atoms with Crippen LogP contribution in [0.4, 0.5) is 0 Å². The standard InChI is InChI=1S/C17H31O4P/c1-5-17(12-13-21-14-22(18,19)20)11-7-10-16(4)9-6-8-15(2)3/h8,10,12H,5-7,9,11,13-14H2,1-4H3,(H2,18,19,20)/b16-10+,17-12-. The molecule has 0 aliphatic heterocycles. The van der Waals surface area contributed by atoms with Crippen LogP contribution in [0.3, 0.4) is 0 Å². The third-order valence-corrected chi connectivity index (χ3v) is 3.77. The molecule has 0 saturated heterocycles. The third-order valence-electron chi connectivity index (χ3n) is 3.25. The van der Waals surface area contributed by atoms with Crippen LogP contribution in [0.5, 0.6) is 0 Å². The quantitative estimate of drug-likeness (QED) is 0.320. The first-order valence-corrected chi connectivity index (χ1v) is 9.63. The van der Waals surface area contributed by atoms with E-state index in [1.807, 2.05) is 6.08 Å². The summed E-state index contributed by atoms with van der Waals surface area (Å²) in [5, 5.41) is 0. The van der Waals surface area contributed by atoms with E-state index in [1.165, 1.54) is 16.7 Å². The molecule has 0 aliphatic carbocycles. The molecule has 128 valence electrons. The first-order chi connectivity index (χ1) is 10.2. The molecule has 0 saturated carbocycles. The lowest BCUT2D eigenvalue weighted by atomic mass is 10.0. The van der Waals surface area contributed by atoms with E-state index in [1.54, 1.807) is 0 Å². The fourth-order valence-corrected chi connectivity index (χ4v) is 2.31. The number of allylic oxidation sites excluding steroid dienone is 5. The summed E-state index contributed by atoms with van der Waals surface area (Å²) in [6.07, 6.45) is 11.1. The van der Waals surface area contributed by atoms with Crippen LogP contribution in [0.2, 0.25) is 0 Å². The summed E-state index contributed by atoms with van der Waals surface area (Å²) in [6, 6.07) is 0. The highest BCUT2D eigenvalue weighted by molar-refractivity contribution is 7.51. The molecule has 4 nitrogen and oxygen atoms in total. The third kappa shape index (κ3) is 14.3. The minimum Gasteiger partial charge on any atom is -0.365 e. The van der Waals surface area contributed by atoms with Gasteiger partial charge in [-0.15, -0.1) is 0 Å². The minimum atomic E-state index is -4.05. The fraction of sp³-hybridized carbons (Fsp3) is 0.647. The Labute approximate surface area is 135 Å². The Balaban J connectivity index is 4.07. The summed E-state index contributed by atoms with van der Waals surface area (Å²) in [5.41, 5.74) is 4.03. The number of hydrogen-bond acceptors (Lipinski definition) is 2. The molecule has 22 heavy (non-hydrogen) atoms. The second-order valence-corrected chi connectivity index (χ2v) is 7.38. The van der Waals surface area contributed by atoms with Crippen LogP contribution in [0, 0.1) is 0 Å². The monoisotopic (exact) mass is 330 g/mol. The predicted octanol–water partition coefficient (Wildman–Crippen LogP) is 4.95. The molecule has 5 heteroatoms. The summed E-state index contributed by atoms with van der Waals surface area (Å²) in [6.45, 7) is 8.74. The molecule has 0 atom stereocenters. The van der Waals surface area contributed by atoms with Gasteiger partial charge in [-0.05, 0) is 52.9 Å². The first-order valence-electron chi connectivity index (χ1n) is 7.83. The van der Waals surface area contributed by atoms with Crippen molar-refractivity contribution in [3.8, 4) is 0 Å². The maximum atomic E-state index is 10.7. The lowest BCUT2D eigenvalue weighted by molar-refractivity contribution is 0.184. The molecule has 0 rings (SSSR count). The average molecular weight is 330 g/mol. The largest absolute Gasteiger partial charge is 0.365 e. The summed E-state index contributed by atoms with van der Waals surface area (Å²) in [5.74, 6) is 0. The summed E-state index contributed by atoms with van der Waals surface area (Å²) in [4.78, 5) is 17.4. The van der Waals surface area contributed by atoms with E-state index in [4.69, 9.17) is 14.5 Å². The zero-order chi connectivity index (χ0) is 17.0. The van der Waals surface area contributed by atoms with E-state index >= 15 is 0 Å². The van der Waals surface area contributed by atoms with Gasteiger partial charge in [0.2, 0.25) is 0 Å². The highest BCUT2D eigenvalue weighted by Crippen LogP contribution is 2.33. The molecule has 0 aromatic carbocycles. The van der Waals surface area contributed by atoms with E-state index in [9.17, 15) is 4.57 Å². The first kappa shape index (κ1) is 21.3. The van der Waals surface area contributed by atoms with E-state index in [2.05, 4.69) is 39.8 Å². The van der Waals surface area contributed by atoms with Crippen LogP contribution in [0.25, 0.3) is 0 Å². The van der Waals surface area contributed by atoms with E-state index in [-0.39, 0.29) is 6.61 Å². The maximum Gasteiger partial charge on any atom is 0.350 e. The Hall–Kier alpha value is -0.670. The highest BCUT2D eigenvalue weighted by Gasteiger charge is 2.11. The van der Waals surface area contributed by atoms with Crippen LogP contribution in [0.15, 0.2) is 34.9 Å². The molecule has 0 aliphatic rings. The van der Waals surface area contributed by atoms with Gasteiger partial charge in [-0.2, -0.15) is 0 Å². The van der Waals surface area contributed by atoms with Gasteiger partial charge < -0.3 is 14.5 Å². The molecule has 0 fully saturated rings. The Morgan fingerprint density at radius 2 is 1.68 bits per heavy atom. The summed E-state index contributed by atoms with van der Waals surface area (Å²) < 4.78 is 15.6. The normalized spacial score (nSPS) is 13.4. The van der Waals surface area contributed by atoms with Crippen molar-refractivity contribution in [1.82, 2.24) is 0 Å². The van der Waals surface area contributed by atoms with Gasteiger partial charge in [0, 0.05) is 0 Å². The Kier molecular flexibility index (Phi) is 11.5. The lowest BCUT2D eigenvalue weighted by Gasteiger charge is -2.06. The molecule has 2 N–H and O–H groups in total. The van der Waals surface area contributed by atoms with Crippen LogP contribution in [0.1, 0.15) is 59.8 Å². The summed E-state index contributed by atoms with van der Waals surface area (Å²) in [7, 11) is -4.05. The van der Waals surface area contributed by atoms with Gasteiger partial charge in [0.15, 0.2) is 0 Å². The van der Waals surface area contributed by atoms with Crippen LogP contribution in [-0.4, -0.2) is 22.7 Å². The highest BCUT2D eigenvalue weighted by atomic mass is 31.2. The number of rotatable bonds is 11. The molecule has 0 spiro atoms. The summed E-state index contributed by atoms with van der Waals surface area (Å²) >= 11 is 0. The molecule has 0 amide bonds. The molecule has 0 heterocycles. The van der Waals surface area contributed by atoms with Crippen LogP contribution in [-0.2, 0) is 9.30 Å². The van der Waals surface area contributed by atoms with Crippen molar-refractivity contribution in [2.75, 3.05) is 13.0 Å².